The summed E-state index contributed by atoms with van der Waals surface area (Å²) in [4.78, 5) is 2.76. The molecule has 0 aromatic rings. The third-order valence-electron chi connectivity index (χ3n) is 8.76. The van der Waals surface area contributed by atoms with E-state index in [0.717, 1.165) is 5.92 Å². The van der Waals surface area contributed by atoms with Crippen LogP contribution < -0.4 is 0 Å². The van der Waals surface area contributed by atoms with Crippen molar-refractivity contribution in [3.8, 4) is 0 Å². The van der Waals surface area contributed by atoms with E-state index in [9.17, 15) is 0 Å². The van der Waals surface area contributed by atoms with Crippen molar-refractivity contribution in [1.82, 2.24) is 4.90 Å². The molecule has 1 heteroatoms. The fourth-order valence-corrected chi connectivity index (χ4v) is 5.90. The van der Waals surface area contributed by atoms with Gasteiger partial charge < -0.3 is 4.90 Å². The van der Waals surface area contributed by atoms with Gasteiger partial charge in [0.05, 0.1) is 0 Å². The van der Waals surface area contributed by atoms with E-state index in [2.05, 4.69) is 82.6 Å². The molecule has 0 aromatic heterocycles. The van der Waals surface area contributed by atoms with E-state index < -0.39 is 0 Å². The fraction of sp³-hybridized carbons (Fsp3) is 0.737. The summed E-state index contributed by atoms with van der Waals surface area (Å²) in [6.45, 7) is 19.6. The minimum Gasteiger partial charge on any atom is -0.303 e. The molecule has 0 bridgehead atoms. The molecule has 0 radical (unpaired) electrons. The molecule has 0 saturated carbocycles. The number of allylic oxidation sites excluding steroid dienone is 9. The summed E-state index contributed by atoms with van der Waals surface area (Å²) in [7, 11) is 0. The van der Waals surface area contributed by atoms with Crippen molar-refractivity contribution in [2.75, 3.05) is 19.6 Å². The van der Waals surface area contributed by atoms with E-state index in [0.29, 0.717) is 5.92 Å². The SMILES string of the molecule is C=C(CCCN(CCCC)CCCCC1CC=C(CC/C=C(\C)CC/C=C/C)CC1)C(CC)C/C=C/CCC. The summed E-state index contributed by atoms with van der Waals surface area (Å²) in [5, 5.41) is 0. The molecular formula is C38H67N. The van der Waals surface area contributed by atoms with Gasteiger partial charge in [0.15, 0.2) is 0 Å². The van der Waals surface area contributed by atoms with Gasteiger partial charge in [0.2, 0.25) is 0 Å². The zero-order valence-corrected chi connectivity index (χ0v) is 27.1. The van der Waals surface area contributed by atoms with Gasteiger partial charge in [-0.1, -0.05) is 106 Å². The molecule has 1 nitrogen and oxygen atoms in total. The Balaban J connectivity index is 2.28. The molecule has 0 saturated heterocycles. The van der Waals surface area contributed by atoms with Gasteiger partial charge in [-0.25, -0.2) is 0 Å². The molecule has 1 aliphatic carbocycles. The largest absolute Gasteiger partial charge is 0.303 e. The molecule has 2 atom stereocenters. The third-order valence-corrected chi connectivity index (χ3v) is 8.76. The lowest BCUT2D eigenvalue weighted by atomic mass is 9.85. The Labute approximate surface area is 246 Å². The summed E-state index contributed by atoms with van der Waals surface area (Å²) in [6, 6.07) is 0. The molecule has 1 aliphatic rings. The Hall–Kier alpha value is -1.34. The molecule has 0 aromatic carbocycles. The minimum atomic E-state index is 0.668. The molecule has 0 aliphatic heterocycles. The normalized spacial score (nSPS) is 17.4. The van der Waals surface area contributed by atoms with E-state index in [4.69, 9.17) is 0 Å². The lowest BCUT2D eigenvalue weighted by Gasteiger charge is -2.25. The predicted molar refractivity (Wildman–Crippen MR) is 178 cm³/mol. The van der Waals surface area contributed by atoms with Crippen molar-refractivity contribution in [1.29, 1.82) is 0 Å². The summed E-state index contributed by atoms with van der Waals surface area (Å²) in [6.07, 6.45) is 37.4. The van der Waals surface area contributed by atoms with Crippen LogP contribution in [0.25, 0.3) is 0 Å². The number of hydrogen-bond acceptors (Lipinski definition) is 1. The van der Waals surface area contributed by atoms with Gasteiger partial charge in [-0.2, -0.15) is 0 Å². The van der Waals surface area contributed by atoms with Crippen LogP contribution in [0.1, 0.15) is 150 Å². The highest BCUT2D eigenvalue weighted by atomic mass is 15.1. The van der Waals surface area contributed by atoms with E-state index >= 15 is 0 Å². The molecule has 2 unspecified atom stereocenters. The van der Waals surface area contributed by atoms with Gasteiger partial charge in [-0.3, -0.25) is 0 Å². The van der Waals surface area contributed by atoms with Crippen LogP contribution in [-0.4, -0.2) is 24.5 Å². The number of hydrogen-bond donors (Lipinski definition) is 0. The molecular weight excluding hydrogens is 470 g/mol. The van der Waals surface area contributed by atoms with Gasteiger partial charge in [0, 0.05) is 0 Å². The fourth-order valence-electron chi connectivity index (χ4n) is 5.90. The molecule has 224 valence electrons. The van der Waals surface area contributed by atoms with Gasteiger partial charge in [0.25, 0.3) is 0 Å². The van der Waals surface area contributed by atoms with Gasteiger partial charge in [0.1, 0.15) is 0 Å². The van der Waals surface area contributed by atoms with E-state index in [1.54, 1.807) is 11.1 Å². The first-order valence-electron chi connectivity index (χ1n) is 17.0. The summed E-state index contributed by atoms with van der Waals surface area (Å²) < 4.78 is 0. The van der Waals surface area contributed by atoms with Crippen LogP contribution in [0.3, 0.4) is 0 Å². The highest BCUT2D eigenvalue weighted by Crippen LogP contribution is 2.30. The maximum absolute atomic E-state index is 4.49. The molecule has 0 heterocycles. The lowest BCUT2D eigenvalue weighted by molar-refractivity contribution is 0.255. The molecule has 39 heavy (non-hydrogen) atoms. The van der Waals surface area contributed by atoms with Crippen molar-refractivity contribution < 1.29 is 0 Å². The smallest absolute Gasteiger partial charge is 0.00157 e. The predicted octanol–water partition coefficient (Wildman–Crippen LogP) is 12.2. The highest BCUT2D eigenvalue weighted by Gasteiger charge is 2.15. The van der Waals surface area contributed by atoms with Crippen molar-refractivity contribution in [2.24, 2.45) is 11.8 Å². The van der Waals surface area contributed by atoms with Crippen LogP contribution >= 0.6 is 0 Å². The Morgan fingerprint density at radius 3 is 2.44 bits per heavy atom. The van der Waals surface area contributed by atoms with Crippen molar-refractivity contribution in [3.05, 3.63) is 59.8 Å². The first-order valence-corrected chi connectivity index (χ1v) is 17.0. The molecule has 0 N–H and O–H groups in total. The zero-order valence-electron chi connectivity index (χ0n) is 27.1. The van der Waals surface area contributed by atoms with Gasteiger partial charge in [-0.05, 0) is 135 Å². The van der Waals surface area contributed by atoms with Gasteiger partial charge >= 0.3 is 0 Å². The second-order valence-electron chi connectivity index (χ2n) is 12.3. The van der Waals surface area contributed by atoms with Crippen LogP contribution in [0.5, 0.6) is 0 Å². The van der Waals surface area contributed by atoms with Gasteiger partial charge in [-0.15, -0.1) is 0 Å². The summed E-state index contributed by atoms with van der Waals surface area (Å²) >= 11 is 0. The Bertz CT molecular complexity index is 721. The third kappa shape index (κ3) is 18.6. The van der Waals surface area contributed by atoms with Crippen LogP contribution in [0.4, 0.5) is 0 Å². The highest BCUT2D eigenvalue weighted by molar-refractivity contribution is 5.09. The van der Waals surface area contributed by atoms with E-state index in [1.807, 2.05) is 0 Å². The maximum Gasteiger partial charge on any atom is -0.00157 e. The zero-order chi connectivity index (χ0) is 28.6. The van der Waals surface area contributed by atoms with Crippen molar-refractivity contribution >= 4 is 0 Å². The Morgan fingerprint density at radius 2 is 1.74 bits per heavy atom. The average Bonchev–Trinajstić information content (AvgIpc) is 2.94. The quantitative estimate of drug-likeness (QED) is 0.0874. The number of unbranched alkanes of at least 4 members (excludes halogenated alkanes) is 3. The van der Waals surface area contributed by atoms with Crippen LogP contribution in [0.2, 0.25) is 0 Å². The standard InChI is InChI=1S/C38H67N/c1-7-11-14-16-26-38(10-4)35(6)23-20-33-39(31-13-9-3)32-18-17-24-36-27-29-37(30-28-36)25-19-22-34(5)21-15-12-8-2/h8,12,14,16,22,29,36,38H,6-7,9-11,13,15,17-21,23-28,30-33H2,1-5H3/b12-8+,16-14+,34-22+. The monoisotopic (exact) mass is 538 g/mol. The number of rotatable bonds is 24. The summed E-state index contributed by atoms with van der Waals surface area (Å²) in [5.74, 6) is 1.60. The topological polar surface area (TPSA) is 3.24 Å². The molecule has 0 amide bonds. The molecule has 0 fully saturated rings. The second-order valence-corrected chi connectivity index (χ2v) is 12.3. The van der Waals surface area contributed by atoms with Crippen LogP contribution in [-0.2, 0) is 0 Å². The second kappa shape index (κ2) is 24.5. The first-order chi connectivity index (χ1) is 19.0. The number of nitrogens with zero attached hydrogens (tertiary/aromatic N) is 1. The van der Waals surface area contributed by atoms with Crippen LogP contribution in [0, 0.1) is 11.8 Å². The summed E-state index contributed by atoms with van der Waals surface area (Å²) in [5.41, 5.74) is 4.76. The van der Waals surface area contributed by atoms with E-state index in [1.165, 1.54) is 141 Å². The van der Waals surface area contributed by atoms with Crippen molar-refractivity contribution in [2.45, 2.75) is 150 Å². The minimum absolute atomic E-state index is 0.668. The molecule has 1 rings (SSSR count). The van der Waals surface area contributed by atoms with E-state index in [-0.39, 0.29) is 0 Å². The van der Waals surface area contributed by atoms with Crippen molar-refractivity contribution in [3.63, 3.8) is 0 Å². The first kappa shape index (κ1) is 35.7. The Kier molecular flexibility index (Phi) is 22.4. The lowest BCUT2D eigenvalue weighted by Crippen LogP contribution is -2.27. The maximum atomic E-state index is 4.49. The molecule has 0 spiro atoms. The average molecular weight is 538 g/mol. The van der Waals surface area contributed by atoms with Crippen LogP contribution in [0.15, 0.2) is 59.8 Å². The Morgan fingerprint density at radius 1 is 0.949 bits per heavy atom.